The first-order valence-corrected chi connectivity index (χ1v) is 13.0. The van der Waals surface area contributed by atoms with E-state index in [2.05, 4.69) is 31.4 Å². The average molecular weight is 506 g/mol. The summed E-state index contributed by atoms with van der Waals surface area (Å²) in [7, 11) is 0. The number of thiocarbonyl (C=S) groups is 1. The Morgan fingerprint density at radius 3 is 2.11 bits per heavy atom. The molecule has 0 aliphatic heterocycles. The van der Waals surface area contributed by atoms with Crippen LogP contribution in [0.4, 0.5) is 5.00 Å². The number of hydrogen-bond acceptors (Lipinski definition) is 4. The molecule has 2 amide bonds. The van der Waals surface area contributed by atoms with Crippen molar-refractivity contribution < 1.29 is 9.59 Å². The lowest BCUT2D eigenvalue weighted by atomic mass is 9.72. The zero-order chi connectivity index (χ0) is 25.2. The molecule has 1 aliphatic carbocycles. The number of rotatable bonds is 5. The van der Waals surface area contributed by atoms with Gasteiger partial charge in [0.05, 0.1) is 11.5 Å². The van der Waals surface area contributed by atoms with Crippen molar-refractivity contribution in [3.8, 4) is 0 Å². The second-order valence-electron chi connectivity index (χ2n) is 10.1. The maximum Gasteiger partial charge on any atom is 0.251 e. The minimum absolute atomic E-state index is 0.153. The summed E-state index contributed by atoms with van der Waals surface area (Å²) in [5.41, 5.74) is 9.23. The predicted octanol–water partition coefficient (Wildman–Crippen LogP) is 5.64. The standard InChI is InChI=1S/C28H31N3O2S2/c1-28(2,3)19-14-15-20-21(16-19)35-26(23(20)24(29)32)31-27(34)30-25(33)22(17-10-6-4-7-11-17)18-12-8-5-9-13-18/h4-13,19,22H,14-16H2,1-3H3,(H2,29,32)(H2,30,31,33,34)/t19-/m1/s1. The van der Waals surface area contributed by atoms with Crippen LogP contribution >= 0.6 is 23.6 Å². The van der Waals surface area contributed by atoms with Crippen LogP contribution < -0.4 is 16.4 Å². The maximum absolute atomic E-state index is 13.4. The van der Waals surface area contributed by atoms with Crippen LogP contribution in [0.25, 0.3) is 0 Å². The zero-order valence-corrected chi connectivity index (χ0v) is 21.9. The van der Waals surface area contributed by atoms with Crippen molar-refractivity contribution in [3.05, 3.63) is 87.8 Å². The summed E-state index contributed by atoms with van der Waals surface area (Å²) in [5.74, 6) is -0.697. The van der Waals surface area contributed by atoms with Crippen molar-refractivity contribution >= 4 is 45.5 Å². The van der Waals surface area contributed by atoms with E-state index in [-0.39, 0.29) is 16.4 Å². The first kappa shape index (κ1) is 25.1. The fourth-order valence-corrected chi connectivity index (χ4v) is 6.38. The Hall–Kier alpha value is -3.03. The molecular formula is C28H31N3O2S2. The summed E-state index contributed by atoms with van der Waals surface area (Å²) in [6.07, 6.45) is 2.75. The Morgan fingerprint density at radius 1 is 1.03 bits per heavy atom. The zero-order valence-electron chi connectivity index (χ0n) is 20.3. The summed E-state index contributed by atoms with van der Waals surface area (Å²) in [4.78, 5) is 26.9. The Kier molecular flexibility index (Phi) is 7.38. The molecule has 1 heterocycles. The molecule has 1 aromatic heterocycles. The van der Waals surface area contributed by atoms with Crippen LogP contribution in [-0.4, -0.2) is 16.9 Å². The van der Waals surface area contributed by atoms with Crippen LogP contribution in [0.1, 0.15) is 65.0 Å². The third kappa shape index (κ3) is 5.63. The third-order valence-corrected chi connectivity index (χ3v) is 8.10. The molecule has 2 aromatic carbocycles. The molecule has 0 saturated carbocycles. The largest absolute Gasteiger partial charge is 0.365 e. The van der Waals surface area contributed by atoms with E-state index in [0.29, 0.717) is 16.5 Å². The number of benzene rings is 2. The Morgan fingerprint density at radius 2 is 1.60 bits per heavy atom. The van der Waals surface area contributed by atoms with Crippen molar-refractivity contribution in [1.82, 2.24) is 5.32 Å². The average Bonchev–Trinajstić information content (AvgIpc) is 3.17. The highest BCUT2D eigenvalue weighted by atomic mass is 32.1. The van der Waals surface area contributed by atoms with Gasteiger partial charge >= 0.3 is 0 Å². The van der Waals surface area contributed by atoms with Gasteiger partial charge in [0.2, 0.25) is 5.91 Å². The number of hydrogen-bond donors (Lipinski definition) is 3. The van der Waals surface area contributed by atoms with Gasteiger partial charge in [0.1, 0.15) is 5.00 Å². The van der Waals surface area contributed by atoms with Gasteiger partial charge in [0, 0.05) is 4.88 Å². The van der Waals surface area contributed by atoms with E-state index >= 15 is 0 Å². The highest BCUT2D eigenvalue weighted by molar-refractivity contribution is 7.80. The summed E-state index contributed by atoms with van der Waals surface area (Å²) >= 11 is 7.03. The van der Waals surface area contributed by atoms with Gasteiger partial charge in [-0.1, -0.05) is 81.4 Å². The fraction of sp³-hybridized carbons (Fsp3) is 0.321. The normalized spacial score (nSPS) is 15.4. The minimum atomic E-state index is -0.517. The Bertz CT molecular complexity index is 1190. The number of nitrogens with two attached hydrogens (primary N) is 1. The second kappa shape index (κ2) is 10.3. The van der Waals surface area contributed by atoms with Gasteiger partial charge in [-0.15, -0.1) is 11.3 Å². The number of carbonyl (C=O) groups excluding carboxylic acids is 2. The molecular weight excluding hydrogens is 474 g/mol. The lowest BCUT2D eigenvalue weighted by Crippen LogP contribution is -2.38. The van der Waals surface area contributed by atoms with Gasteiger partial charge in [0.15, 0.2) is 5.11 Å². The molecule has 7 heteroatoms. The molecule has 1 atom stereocenters. The van der Waals surface area contributed by atoms with E-state index < -0.39 is 11.8 Å². The van der Waals surface area contributed by atoms with Crippen molar-refractivity contribution in [1.29, 1.82) is 0 Å². The van der Waals surface area contributed by atoms with Gasteiger partial charge < -0.3 is 16.4 Å². The van der Waals surface area contributed by atoms with Gasteiger partial charge in [-0.05, 0) is 59.5 Å². The number of primary amides is 1. The Balaban J connectivity index is 1.55. The smallest absolute Gasteiger partial charge is 0.251 e. The molecule has 1 aliphatic rings. The molecule has 0 saturated heterocycles. The number of amides is 2. The second-order valence-corrected chi connectivity index (χ2v) is 11.6. The number of fused-ring (bicyclic) bond motifs is 1. The van der Waals surface area contributed by atoms with Crippen molar-refractivity contribution in [2.24, 2.45) is 17.1 Å². The van der Waals surface area contributed by atoms with E-state index in [1.54, 1.807) is 0 Å². The highest BCUT2D eigenvalue weighted by Crippen LogP contribution is 2.44. The molecule has 4 N–H and O–H groups in total. The molecule has 182 valence electrons. The van der Waals surface area contributed by atoms with Crippen LogP contribution in [0.3, 0.4) is 0 Å². The van der Waals surface area contributed by atoms with E-state index in [0.717, 1.165) is 36.0 Å². The van der Waals surface area contributed by atoms with Crippen molar-refractivity contribution in [3.63, 3.8) is 0 Å². The van der Waals surface area contributed by atoms with Crippen LogP contribution in [0.15, 0.2) is 60.7 Å². The van der Waals surface area contributed by atoms with Gasteiger partial charge in [0.25, 0.3) is 5.91 Å². The molecule has 0 bridgehead atoms. The lowest BCUT2D eigenvalue weighted by molar-refractivity contribution is -0.120. The fourth-order valence-electron chi connectivity index (χ4n) is 4.78. The SMILES string of the molecule is CC(C)(C)[C@@H]1CCc2c(sc(NC(=S)NC(=O)C(c3ccccc3)c3ccccc3)c2C(N)=O)C1. The topological polar surface area (TPSA) is 84.2 Å². The molecule has 35 heavy (non-hydrogen) atoms. The van der Waals surface area contributed by atoms with E-state index in [1.807, 2.05) is 60.7 Å². The molecule has 0 spiro atoms. The van der Waals surface area contributed by atoms with Crippen molar-refractivity contribution in [2.45, 2.75) is 46.0 Å². The lowest BCUT2D eigenvalue weighted by Gasteiger charge is -2.33. The molecule has 0 radical (unpaired) electrons. The van der Waals surface area contributed by atoms with Crippen LogP contribution in [-0.2, 0) is 17.6 Å². The molecule has 0 unspecified atom stereocenters. The summed E-state index contributed by atoms with van der Waals surface area (Å²) < 4.78 is 0. The van der Waals surface area contributed by atoms with Crippen LogP contribution in [0.5, 0.6) is 0 Å². The van der Waals surface area contributed by atoms with E-state index in [1.165, 1.54) is 16.2 Å². The van der Waals surface area contributed by atoms with Gasteiger partial charge in [-0.3, -0.25) is 9.59 Å². The first-order chi connectivity index (χ1) is 16.6. The van der Waals surface area contributed by atoms with E-state index in [4.69, 9.17) is 18.0 Å². The van der Waals surface area contributed by atoms with Crippen molar-refractivity contribution in [2.75, 3.05) is 5.32 Å². The monoisotopic (exact) mass is 505 g/mol. The quantitative estimate of drug-likeness (QED) is 0.392. The summed E-state index contributed by atoms with van der Waals surface area (Å²) in [6, 6.07) is 19.2. The third-order valence-electron chi connectivity index (χ3n) is 6.73. The predicted molar refractivity (Wildman–Crippen MR) is 147 cm³/mol. The number of anilines is 1. The van der Waals surface area contributed by atoms with Gasteiger partial charge in [-0.25, -0.2) is 0 Å². The summed E-state index contributed by atoms with van der Waals surface area (Å²) in [6.45, 7) is 6.76. The summed E-state index contributed by atoms with van der Waals surface area (Å²) in [5, 5.41) is 6.71. The van der Waals surface area contributed by atoms with E-state index in [9.17, 15) is 9.59 Å². The number of nitrogens with one attached hydrogen (secondary N) is 2. The molecule has 5 nitrogen and oxygen atoms in total. The number of thiophene rings is 1. The minimum Gasteiger partial charge on any atom is -0.365 e. The first-order valence-electron chi connectivity index (χ1n) is 11.8. The molecule has 4 rings (SSSR count). The van der Waals surface area contributed by atoms with Crippen LogP contribution in [0.2, 0.25) is 0 Å². The maximum atomic E-state index is 13.4. The van der Waals surface area contributed by atoms with Gasteiger partial charge in [-0.2, -0.15) is 0 Å². The highest BCUT2D eigenvalue weighted by Gasteiger charge is 2.33. The number of carbonyl (C=O) groups is 2. The molecule has 0 fully saturated rings. The van der Waals surface area contributed by atoms with Crippen LogP contribution in [0, 0.1) is 11.3 Å². The Labute approximate surface area is 216 Å². The molecule has 3 aromatic rings.